The Morgan fingerprint density at radius 2 is 2.11 bits per heavy atom. The normalized spacial score (nSPS) is 29.4. The summed E-state index contributed by atoms with van der Waals surface area (Å²) in [6, 6.07) is 8.38. The van der Waals surface area contributed by atoms with Crippen LogP contribution in [-0.2, 0) is 6.54 Å². The van der Waals surface area contributed by atoms with Gasteiger partial charge in [0.25, 0.3) is 0 Å². The Hall–Kier alpha value is -0.930. The molecule has 0 unspecified atom stereocenters. The van der Waals surface area contributed by atoms with Crippen molar-refractivity contribution in [3.63, 3.8) is 0 Å². The summed E-state index contributed by atoms with van der Waals surface area (Å²) in [5.74, 6) is -0.0708. The molecule has 2 nitrogen and oxygen atoms in total. The largest absolute Gasteiger partial charge is 0.298 e. The first-order valence-corrected chi connectivity index (χ1v) is 6.95. The van der Waals surface area contributed by atoms with E-state index in [1.54, 1.807) is 12.1 Å². The predicted octanol–water partition coefficient (Wildman–Crippen LogP) is 2.49. The maximum atomic E-state index is 13.7. The second-order valence-electron chi connectivity index (χ2n) is 5.66. The van der Waals surface area contributed by atoms with Crippen molar-refractivity contribution in [1.82, 2.24) is 9.80 Å². The van der Waals surface area contributed by atoms with Gasteiger partial charge in [-0.25, -0.2) is 4.39 Å². The highest BCUT2D eigenvalue weighted by Crippen LogP contribution is 2.26. The van der Waals surface area contributed by atoms with Gasteiger partial charge in [-0.3, -0.25) is 9.80 Å². The van der Waals surface area contributed by atoms with Crippen LogP contribution in [0.2, 0.25) is 0 Å². The highest BCUT2D eigenvalue weighted by Gasteiger charge is 2.34. The molecule has 0 radical (unpaired) electrons. The van der Waals surface area contributed by atoms with Crippen molar-refractivity contribution >= 4 is 0 Å². The van der Waals surface area contributed by atoms with E-state index in [2.05, 4.69) is 16.7 Å². The number of hydrogen-bond acceptors (Lipinski definition) is 2. The molecule has 0 spiro atoms. The van der Waals surface area contributed by atoms with Gasteiger partial charge in [0.05, 0.1) is 0 Å². The molecule has 3 heteroatoms. The zero-order valence-electron chi connectivity index (χ0n) is 11.0. The Balaban J connectivity index is 1.71. The summed E-state index contributed by atoms with van der Waals surface area (Å²) in [6.45, 7) is 6.49. The zero-order chi connectivity index (χ0) is 12.5. The van der Waals surface area contributed by atoms with Gasteiger partial charge in [0.2, 0.25) is 0 Å². The quantitative estimate of drug-likeness (QED) is 0.793. The first-order valence-electron chi connectivity index (χ1n) is 6.95. The summed E-state index contributed by atoms with van der Waals surface area (Å²) in [5.41, 5.74) is 0.829. The second-order valence-corrected chi connectivity index (χ2v) is 5.66. The fraction of sp³-hybridized carbons (Fsp3) is 0.600. The summed E-state index contributed by atoms with van der Waals surface area (Å²) in [4.78, 5) is 5.04. The lowest BCUT2D eigenvalue weighted by Crippen LogP contribution is -2.54. The molecule has 2 saturated heterocycles. The lowest BCUT2D eigenvalue weighted by Gasteiger charge is -2.42. The van der Waals surface area contributed by atoms with Crippen LogP contribution in [0.3, 0.4) is 0 Å². The topological polar surface area (TPSA) is 6.48 Å². The Kier molecular flexibility index (Phi) is 3.35. The van der Waals surface area contributed by atoms with Gasteiger partial charge in [-0.1, -0.05) is 18.2 Å². The molecule has 3 rings (SSSR count). The molecule has 0 aliphatic carbocycles. The van der Waals surface area contributed by atoms with Crippen LogP contribution in [0.1, 0.15) is 25.3 Å². The monoisotopic (exact) mass is 248 g/mol. The van der Waals surface area contributed by atoms with E-state index in [0.717, 1.165) is 25.2 Å². The van der Waals surface area contributed by atoms with E-state index in [4.69, 9.17) is 0 Å². The SMILES string of the molecule is C[C@@H]1CN2CCC[C@H]2CN1Cc1ccccc1F. The molecule has 0 aromatic heterocycles. The van der Waals surface area contributed by atoms with E-state index in [9.17, 15) is 4.39 Å². The Morgan fingerprint density at radius 1 is 1.28 bits per heavy atom. The van der Waals surface area contributed by atoms with Gasteiger partial charge in [0.1, 0.15) is 5.82 Å². The van der Waals surface area contributed by atoms with Gasteiger partial charge >= 0.3 is 0 Å². The summed E-state index contributed by atoms with van der Waals surface area (Å²) in [6.07, 6.45) is 2.63. The van der Waals surface area contributed by atoms with Gasteiger partial charge < -0.3 is 0 Å². The third-order valence-electron chi connectivity index (χ3n) is 4.40. The molecule has 1 aromatic carbocycles. The highest BCUT2D eigenvalue weighted by molar-refractivity contribution is 5.17. The van der Waals surface area contributed by atoms with Crippen LogP contribution in [0, 0.1) is 5.82 Å². The van der Waals surface area contributed by atoms with Crippen molar-refractivity contribution in [3.05, 3.63) is 35.6 Å². The van der Waals surface area contributed by atoms with Crippen molar-refractivity contribution in [2.45, 2.75) is 38.4 Å². The predicted molar refractivity (Wildman–Crippen MR) is 70.9 cm³/mol. The number of benzene rings is 1. The maximum absolute atomic E-state index is 13.7. The van der Waals surface area contributed by atoms with Crippen molar-refractivity contribution in [2.75, 3.05) is 19.6 Å². The molecule has 0 saturated carbocycles. The standard InChI is InChI=1S/C15H21FN2/c1-12-9-17-8-4-6-14(17)11-18(12)10-13-5-2-3-7-15(13)16/h2-3,5,7,12,14H,4,6,8-11H2,1H3/t12-,14+/m1/s1. The molecule has 0 N–H and O–H groups in total. The van der Waals surface area contributed by atoms with Crippen LogP contribution in [0.25, 0.3) is 0 Å². The molecule has 0 bridgehead atoms. The van der Waals surface area contributed by atoms with Crippen LogP contribution in [0.5, 0.6) is 0 Å². The fourth-order valence-electron chi connectivity index (χ4n) is 3.31. The van der Waals surface area contributed by atoms with Gasteiger partial charge in [-0.15, -0.1) is 0 Å². The average Bonchev–Trinajstić information content (AvgIpc) is 2.79. The summed E-state index contributed by atoms with van der Waals surface area (Å²) in [7, 11) is 0. The highest BCUT2D eigenvalue weighted by atomic mass is 19.1. The molecule has 2 fully saturated rings. The molecule has 98 valence electrons. The molecule has 2 aliphatic rings. The van der Waals surface area contributed by atoms with Gasteiger partial charge in [-0.2, -0.15) is 0 Å². The number of nitrogens with zero attached hydrogens (tertiary/aromatic N) is 2. The number of hydrogen-bond donors (Lipinski definition) is 0. The number of fused-ring (bicyclic) bond motifs is 1. The van der Waals surface area contributed by atoms with E-state index in [1.807, 2.05) is 12.1 Å². The van der Waals surface area contributed by atoms with E-state index < -0.39 is 0 Å². The first kappa shape index (κ1) is 12.1. The minimum absolute atomic E-state index is 0.0708. The van der Waals surface area contributed by atoms with E-state index in [1.165, 1.54) is 19.4 Å². The van der Waals surface area contributed by atoms with Crippen molar-refractivity contribution in [1.29, 1.82) is 0 Å². The molecule has 1 aromatic rings. The van der Waals surface area contributed by atoms with Crippen LogP contribution < -0.4 is 0 Å². The van der Waals surface area contributed by atoms with Gasteiger partial charge in [-0.05, 0) is 32.4 Å². The molecule has 18 heavy (non-hydrogen) atoms. The number of halogens is 1. The Morgan fingerprint density at radius 3 is 2.94 bits per heavy atom. The van der Waals surface area contributed by atoms with Crippen molar-refractivity contribution in [2.24, 2.45) is 0 Å². The number of rotatable bonds is 2. The third-order valence-corrected chi connectivity index (χ3v) is 4.40. The van der Waals surface area contributed by atoms with Crippen LogP contribution >= 0.6 is 0 Å². The minimum atomic E-state index is -0.0708. The van der Waals surface area contributed by atoms with Crippen LogP contribution in [-0.4, -0.2) is 41.5 Å². The first-order chi connectivity index (χ1) is 8.74. The van der Waals surface area contributed by atoms with Crippen LogP contribution in [0.4, 0.5) is 4.39 Å². The second kappa shape index (κ2) is 4.98. The zero-order valence-corrected chi connectivity index (χ0v) is 11.0. The molecular weight excluding hydrogens is 227 g/mol. The summed E-state index contributed by atoms with van der Waals surface area (Å²) < 4.78 is 13.7. The Labute approximate surface area is 108 Å². The smallest absolute Gasteiger partial charge is 0.127 e. The van der Waals surface area contributed by atoms with Crippen LogP contribution in [0.15, 0.2) is 24.3 Å². The lowest BCUT2D eigenvalue weighted by atomic mass is 10.1. The van der Waals surface area contributed by atoms with E-state index >= 15 is 0 Å². The summed E-state index contributed by atoms with van der Waals surface area (Å²) in [5, 5.41) is 0. The summed E-state index contributed by atoms with van der Waals surface area (Å²) >= 11 is 0. The average molecular weight is 248 g/mol. The molecule has 0 amide bonds. The van der Waals surface area contributed by atoms with Crippen molar-refractivity contribution < 1.29 is 4.39 Å². The molecular formula is C15H21FN2. The number of piperazine rings is 1. The fourth-order valence-corrected chi connectivity index (χ4v) is 3.31. The third kappa shape index (κ3) is 2.29. The van der Waals surface area contributed by atoms with Gasteiger partial charge in [0, 0.05) is 37.3 Å². The van der Waals surface area contributed by atoms with E-state index in [-0.39, 0.29) is 5.82 Å². The van der Waals surface area contributed by atoms with Crippen molar-refractivity contribution in [3.8, 4) is 0 Å². The molecule has 2 aliphatic heterocycles. The maximum Gasteiger partial charge on any atom is 0.127 e. The molecule has 2 heterocycles. The Bertz CT molecular complexity index is 421. The molecule has 2 atom stereocenters. The lowest BCUT2D eigenvalue weighted by molar-refractivity contribution is 0.0533. The van der Waals surface area contributed by atoms with E-state index in [0.29, 0.717) is 12.1 Å². The minimum Gasteiger partial charge on any atom is -0.298 e. The van der Waals surface area contributed by atoms with Gasteiger partial charge in [0.15, 0.2) is 0 Å².